The van der Waals surface area contributed by atoms with E-state index in [0.717, 1.165) is 29.6 Å². The Morgan fingerprint density at radius 1 is 0.237 bits per heavy atom. The molecule has 0 bridgehead atoms. The van der Waals surface area contributed by atoms with Crippen LogP contribution in [0.3, 0.4) is 0 Å². The first-order chi connectivity index (χ1) is 17.9. The predicted molar refractivity (Wildman–Crippen MR) is 186 cm³/mol. The van der Waals surface area contributed by atoms with E-state index in [9.17, 15) is 0 Å². The second-order valence-corrected chi connectivity index (χ2v) is 13.7. The van der Waals surface area contributed by atoms with Gasteiger partial charge in [-0.05, 0) is 29.6 Å². The molecule has 0 aliphatic heterocycles. The normalized spacial score (nSPS) is 10.4. The largest absolute Gasteiger partial charge is 0.0654 e. The van der Waals surface area contributed by atoms with E-state index in [0.29, 0.717) is 0 Å². The highest BCUT2D eigenvalue weighted by atomic mass is 14.0. The first kappa shape index (κ1) is 47.8. The van der Waals surface area contributed by atoms with E-state index in [1.54, 1.807) is 0 Å². The number of unbranched alkanes of at least 4 members (excludes halogenated alkanes) is 8. The van der Waals surface area contributed by atoms with Crippen molar-refractivity contribution in [2.45, 2.75) is 219 Å². The molecular formula is C38H86. The van der Waals surface area contributed by atoms with Crippen LogP contribution in [-0.4, -0.2) is 0 Å². The maximum atomic E-state index is 2.29. The van der Waals surface area contributed by atoms with Crippen LogP contribution >= 0.6 is 0 Å². The van der Waals surface area contributed by atoms with Crippen LogP contribution in [0.25, 0.3) is 0 Å². The van der Waals surface area contributed by atoms with Crippen LogP contribution in [0.15, 0.2) is 0 Å². The lowest BCUT2D eigenvalue weighted by Gasteiger charge is -2.00. The molecule has 0 nitrogen and oxygen atoms in total. The molecule has 0 aliphatic carbocycles. The molecule has 0 rings (SSSR count). The van der Waals surface area contributed by atoms with Crippen LogP contribution in [0.2, 0.25) is 0 Å². The maximum Gasteiger partial charge on any atom is -0.0471 e. The van der Waals surface area contributed by atoms with E-state index < -0.39 is 0 Å². The minimum Gasteiger partial charge on any atom is -0.0654 e. The molecule has 0 N–H and O–H groups in total. The van der Waals surface area contributed by atoms with Gasteiger partial charge >= 0.3 is 0 Å². The molecule has 0 atom stereocenters. The third kappa shape index (κ3) is 83.4. The van der Waals surface area contributed by atoms with E-state index in [2.05, 4.69) is 104 Å². The zero-order valence-corrected chi connectivity index (χ0v) is 30.6. The van der Waals surface area contributed by atoms with Gasteiger partial charge in [-0.2, -0.15) is 0 Å². The van der Waals surface area contributed by atoms with E-state index in [1.165, 1.54) is 116 Å². The van der Waals surface area contributed by atoms with Gasteiger partial charge in [0.05, 0.1) is 0 Å². The minimum absolute atomic E-state index is 0.903. The van der Waals surface area contributed by atoms with Crippen LogP contribution in [0, 0.1) is 29.6 Å². The van der Waals surface area contributed by atoms with E-state index in [-0.39, 0.29) is 0 Å². The van der Waals surface area contributed by atoms with Crippen molar-refractivity contribution in [1.29, 1.82) is 0 Å². The molecule has 0 radical (unpaired) electrons. The second-order valence-electron chi connectivity index (χ2n) is 13.7. The smallest absolute Gasteiger partial charge is 0.0471 e. The summed E-state index contributed by atoms with van der Waals surface area (Å²) in [5.41, 5.74) is 0. The summed E-state index contributed by atoms with van der Waals surface area (Å²) in [6.07, 6.45) is 25.1. The molecule has 38 heavy (non-hydrogen) atoms. The molecule has 0 unspecified atom stereocenters. The van der Waals surface area contributed by atoms with Gasteiger partial charge in [0.25, 0.3) is 0 Å². The van der Waals surface area contributed by atoms with Gasteiger partial charge in [0.1, 0.15) is 0 Å². The van der Waals surface area contributed by atoms with Crippen molar-refractivity contribution in [2.24, 2.45) is 29.6 Å². The molecule has 0 aromatic carbocycles. The Morgan fingerprint density at radius 2 is 0.395 bits per heavy atom. The third-order valence-corrected chi connectivity index (χ3v) is 6.43. The summed E-state index contributed by atoms with van der Waals surface area (Å²) in [7, 11) is 0. The highest BCUT2D eigenvalue weighted by Crippen LogP contribution is 2.08. The van der Waals surface area contributed by atoms with Crippen molar-refractivity contribution in [3.8, 4) is 0 Å². The summed E-state index contributed by atoms with van der Waals surface area (Å²) in [5, 5.41) is 0. The maximum absolute atomic E-state index is 2.29. The lowest BCUT2D eigenvalue weighted by molar-refractivity contribution is 0.534. The van der Waals surface area contributed by atoms with Crippen LogP contribution in [0.1, 0.15) is 219 Å². The third-order valence-electron chi connectivity index (χ3n) is 6.43. The molecule has 0 fully saturated rings. The van der Waals surface area contributed by atoms with Crippen LogP contribution in [-0.2, 0) is 0 Å². The fourth-order valence-corrected chi connectivity index (χ4v) is 3.63. The fourth-order valence-electron chi connectivity index (χ4n) is 3.63. The molecule has 0 aromatic rings. The summed E-state index contributed by atoms with van der Waals surface area (Å²) in [6.45, 7) is 34.0. The summed E-state index contributed by atoms with van der Waals surface area (Å²) in [4.78, 5) is 0. The zero-order chi connectivity index (χ0) is 30.6. The highest BCUT2D eigenvalue weighted by Gasteiger charge is 1.92. The van der Waals surface area contributed by atoms with Gasteiger partial charge in [-0.15, -0.1) is 0 Å². The van der Waals surface area contributed by atoms with Gasteiger partial charge in [0.15, 0.2) is 0 Å². The van der Waals surface area contributed by atoms with Crippen molar-refractivity contribution in [3.63, 3.8) is 0 Å². The van der Waals surface area contributed by atoms with Gasteiger partial charge in [-0.1, -0.05) is 219 Å². The van der Waals surface area contributed by atoms with Crippen LogP contribution < -0.4 is 0 Å². The van der Waals surface area contributed by atoms with E-state index in [1.807, 2.05) is 0 Å². The molecule has 0 aromatic heterocycles. The van der Waals surface area contributed by atoms with Crippen molar-refractivity contribution < 1.29 is 0 Å². The summed E-state index contributed by atoms with van der Waals surface area (Å²) >= 11 is 0. The molecule has 0 amide bonds. The van der Waals surface area contributed by atoms with Gasteiger partial charge in [0, 0.05) is 0 Å². The van der Waals surface area contributed by atoms with Crippen LogP contribution in [0.4, 0.5) is 0 Å². The fraction of sp³-hybridized carbons (Fsp3) is 1.00. The second kappa shape index (κ2) is 44.0. The van der Waals surface area contributed by atoms with Crippen molar-refractivity contribution >= 4 is 0 Å². The Hall–Kier alpha value is 0. The number of hydrogen-bond acceptors (Lipinski definition) is 0. The minimum atomic E-state index is 0.903. The zero-order valence-electron chi connectivity index (χ0n) is 30.6. The molecule has 0 heteroatoms. The first-order valence-electron chi connectivity index (χ1n) is 17.9. The Labute approximate surface area is 248 Å². The Bertz CT molecular complexity index is 278. The lowest BCUT2D eigenvalue weighted by atomic mass is 10.1. The number of hydrogen-bond donors (Lipinski definition) is 0. The topological polar surface area (TPSA) is 0 Å². The summed E-state index contributed by atoms with van der Waals surface area (Å²) in [5.74, 6) is 4.52. The average molecular weight is 543 g/mol. The standard InChI is InChI=1S/3C8H18.2C7H16/c3*1-4-5-6-7-8(2)3;2*1-4-5-6-7(2)3/h3*8H,4-7H2,1-3H3;2*7H,4-6H2,1-3H3. The number of rotatable bonds is 18. The average Bonchev–Trinajstić information content (AvgIpc) is 2.83. The first-order valence-corrected chi connectivity index (χ1v) is 17.9. The Balaban J connectivity index is -0.000000120. The molecule has 0 spiro atoms. The van der Waals surface area contributed by atoms with Gasteiger partial charge in [-0.3, -0.25) is 0 Å². The van der Waals surface area contributed by atoms with Crippen molar-refractivity contribution in [2.75, 3.05) is 0 Å². The molecule has 0 aliphatic rings. The molecule has 238 valence electrons. The van der Waals surface area contributed by atoms with Crippen LogP contribution in [0.5, 0.6) is 0 Å². The summed E-state index contributed by atoms with van der Waals surface area (Å²) < 4.78 is 0. The molecule has 0 heterocycles. The molecule has 0 saturated carbocycles. The monoisotopic (exact) mass is 543 g/mol. The van der Waals surface area contributed by atoms with Gasteiger partial charge in [0.2, 0.25) is 0 Å². The highest BCUT2D eigenvalue weighted by molar-refractivity contribution is 4.46. The predicted octanol–water partition coefficient (Wildman–Crippen LogP) is 15.3. The van der Waals surface area contributed by atoms with E-state index in [4.69, 9.17) is 0 Å². The van der Waals surface area contributed by atoms with Gasteiger partial charge in [-0.25, -0.2) is 0 Å². The van der Waals surface area contributed by atoms with E-state index >= 15 is 0 Å². The Kier molecular flexibility index (Phi) is 55.4. The quantitative estimate of drug-likeness (QED) is 0.151. The van der Waals surface area contributed by atoms with Crippen molar-refractivity contribution in [1.82, 2.24) is 0 Å². The Morgan fingerprint density at radius 3 is 0.500 bits per heavy atom. The van der Waals surface area contributed by atoms with Gasteiger partial charge < -0.3 is 0 Å². The molecule has 0 saturated heterocycles. The lowest BCUT2D eigenvalue weighted by Crippen LogP contribution is -1.85. The SMILES string of the molecule is CCCCC(C)C.CCCCC(C)C.CCCCCC(C)C.CCCCCC(C)C.CCCCCC(C)C. The van der Waals surface area contributed by atoms with Crippen molar-refractivity contribution in [3.05, 3.63) is 0 Å². The summed E-state index contributed by atoms with van der Waals surface area (Å²) in [6, 6.07) is 0. The molecular weight excluding hydrogens is 456 g/mol.